The smallest absolute Gasteiger partial charge is 0.311 e. The number of pyridine rings is 1. The fraction of sp³-hybridized carbons (Fsp3) is 0.455. The van der Waals surface area contributed by atoms with E-state index in [-0.39, 0.29) is 24.5 Å². The van der Waals surface area contributed by atoms with Gasteiger partial charge in [-0.25, -0.2) is 4.98 Å². The van der Waals surface area contributed by atoms with Gasteiger partial charge in [-0.3, -0.25) is 14.9 Å². The van der Waals surface area contributed by atoms with Gasteiger partial charge in [0.2, 0.25) is 5.82 Å². The van der Waals surface area contributed by atoms with Gasteiger partial charge in [-0.1, -0.05) is 0 Å². The highest BCUT2D eigenvalue weighted by atomic mass is 16.6. The predicted octanol–water partition coefficient (Wildman–Crippen LogP) is 1.40. The van der Waals surface area contributed by atoms with Crippen molar-refractivity contribution in [2.45, 2.75) is 13.3 Å². The molecule has 1 rings (SSSR count). The van der Waals surface area contributed by atoms with Crippen molar-refractivity contribution in [2.24, 2.45) is 0 Å². The minimum Gasteiger partial charge on any atom is -0.469 e. The lowest BCUT2D eigenvalue weighted by Gasteiger charge is -2.08. The Morgan fingerprint density at radius 1 is 1.47 bits per heavy atom. The second-order valence-corrected chi connectivity index (χ2v) is 3.60. The van der Waals surface area contributed by atoms with Crippen LogP contribution in [0.1, 0.15) is 13.3 Å². The largest absolute Gasteiger partial charge is 0.469 e. The second-order valence-electron chi connectivity index (χ2n) is 3.60. The van der Waals surface area contributed by atoms with Crippen molar-refractivity contribution in [1.82, 2.24) is 4.98 Å². The Morgan fingerprint density at radius 2 is 2.21 bits per heavy atom. The normalized spacial score (nSPS) is 9.79. The average molecular weight is 268 g/mol. The van der Waals surface area contributed by atoms with Crippen LogP contribution in [0.15, 0.2) is 12.1 Å². The first-order valence-electron chi connectivity index (χ1n) is 5.78. The number of carbonyl (C=O) groups is 1. The van der Waals surface area contributed by atoms with Gasteiger partial charge in [0.25, 0.3) is 0 Å². The zero-order chi connectivity index (χ0) is 14.3. The first-order chi connectivity index (χ1) is 9.08. The molecule has 0 saturated carbocycles. The van der Waals surface area contributed by atoms with Gasteiger partial charge in [0.1, 0.15) is 5.82 Å². The molecule has 0 bridgehead atoms. The number of hydrogen-bond donors (Lipinski definition) is 2. The van der Waals surface area contributed by atoms with Gasteiger partial charge in [-0.05, 0) is 13.0 Å². The number of nitrogens with one attached hydrogen (secondary N) is 2. The molecular weight excluding hydrogens is 252 g/mol. The van der Waals surface area contributed by atoms with Crippen LogP contribution in [0.2, 0.25) is 0 Å². The van der Waals surface area contributed by atoms with Crippen molar-refractivity contribution < 1.29 is 14.5 Å². The SMILES string of the molecule is CCNc1ccc([N+](=O)[O-])c(NCCC(=O)OC)n1. The quantitative estimate of drug-likeness (QED) is 0.437. The summed E-state index contributed by atoms with van der Waals surface area (Å²) in [7, 11) is 1.29. The maximum Gasteiger partial charge on any atom is 0.311 e. The maximum atomic E-state index is 11.0. The molecule has 0 aliphatic rings. The van der Waals surface area contributed by atoms with Crippen LogP contribution in [0, 0.1) is 10.1 Å². The van der Waals surface area contributed by atoms with E-state index in [1.807, 2.05) is 6.92 Å². The topological polar surface area (TPSA) is 106 Å². The number of ether oxygens (including phenoxy) is 1. The molecular formula is C11H16N4O4. The Morgan fingerprint density at radius 3 is 2.79 bits per heavy atom. The molecule has 0 spiro atoms. The molecule has 0 aromatic carbocycles. The molecule has 8 heteroatoms. The summed E-state index contributed by atoms with van der Waals surface area (Å²) in [5.74, 6) is 0.277. The van der Waals surface area contributed by atoms with E-state index in [2.05, 4.69) is 20.4 Å². The molecule has 0 aliphatic carbocycles. The van der Waals surface area contributed by atoms with E-state index < -0.39 is 10.9 Å². The Balaban J connectivity index is 2.79. The van der Waals surface area contributed by atoms with Crippen LogP contribution in [0.5, 0.6) is 0 Å². The van der Waals surface area contributed by atoms with E-state index in [9.17, 15) is 14.9 Å². The summed E-state index contributed by atoms with van der Waals surface area (Å²) in [5, 5.41) is 16.6. The van der Waals surface area contributed by atoms with E-state index in [1.165, 1.54) is 19.2 Å². The zero-order valence-electron chi connectivity index (χ0n) is 10.8. The monoisotopic (exact) mass is 268 g/mol. The summed E-state index contributed by atoms with van der Waals surface area (Å²) in [4.78, 5) is 25.4. The molecule has 0 saturated heterocycles. The first-order valence-corrected chi connectivity index (χ1v) is 5.78. The van der Waals surface area contributed by atoms with Crippen LogP contribution in [0.25, 0.3) is 0 Å². The lowest BCUT2D eigenvalue weighted by atomic mass is 10.3. The Bertz CT molecular complexity index is 464. The number of nitro groups is 1. The molecule has 19 heavy (non-hydrogen) atoms. The van der Waals surface area contributed by atoms with Gasteiger partial charge in [-0.2, -0.15) is 0 Å². The third kappa shape index (κ3) is 4.41. The molecule has 0 atom stereocenters. The van der Waals surface area contributed by atoms with E-state index in [0.717, 1.165) is 0 Å². The van der Waals surface area contributed by atoms with Crippen LogP contribution < -0.4 is 10.6 Å². The molecule has 1 heterocycles. The summed E-state index contributed by atoms with van der Waals surface area (Å²) >= 11 is 0. The number of carbonyl (C=O) groups excluding carboxylic acids is 1. The third-order valence-electron chi connectivity index (χ3n) is 2.28. The zero-order valence-corrected chi connectivity index (χ0v) is 10.8. The van der Waals surface area contributed by atoms with Gasteiger partial charge in [-0.15, -0.1) is 0 Å². The Kier molecular flexibility index (Phi) is 5.52. The molecule has 1 aromatic heterocycles. The van der Waals surface area contributed by atoms with E-state index in [1.54, 1.807) is 0 Å². The molecule has 1 aromatic rings. The van der Waals surface area contributed by atoms with Crippen molar-refractivity contribution in [3.8, 4) is 0 Å². The van der Waals surface area contributed by atoms with E-state index in [0.29, 0.717) is 12.4 Å². The van der Waals surface area contributed by atoms with Gasteiger partial charge >= 0.3 is 11.7 Å². The fourth-order valence-electron chi connectivity index (χ4n) is 1.39. The van der Waals surface area contributed by atoms with Crippen molar-refractivity contribution in [3.05, 3.63) is 22.2 Å². The van der Waals surface area contributed by atoms with Crippen LogP contribution in [0.4, 0.5) is 17.3 Å². The van der Waals surface area contributed by atoms with Crippen molar-refractivity contribution in [2.75, 3.05) is 30.8 Å². The minimum absolute atomic E-state index is 0.112. The lowest BCUT2D eigenvalue weighted by Crippen LogP contribution is -2.12. The second kappa shape index (κ2) is 7.14. The average Bonchev–Trinajstić information content (AvgIpc) is 2.38. The summed E-state index contributed by atoms with van der Waals surface area (Å²) in [6.07, 6.45) is 0.112. The molecule has 0 aliphatic heterocycles. The number of esters is 1. The minimum atomic E-state index is -0.525. The van der Waals surface area contributed by atoms with Crippen LogP contribution in [-0.2, 0) is 9.53 Å². The predicted molar refractivity (Wildman–Crippen MR) is 70.2 cm³/mol. The van der Waals surface area contributed by atoms with Gasteiger partial charge in [0, 0.05) is 19.2 Å². The Hall–Kier alpha value is -2.38. The summed E-state index contributed by atoms with van der Waals surface area (Å²) < 4.78 is 4.48. The number of rotatable bonds is 7. The van der Waals surface area contributed by atoms with E-state index >= 15 is 0 Å². The van der Waals surface area contributed by atoms with Crippen LogP contribution >= 0.6 is 0 Å². The highest BCUT2D eigenvalue weighted by Gasteiger charge is 2.15. The molecule has 2 N–H and O–H groups in total. The number of methoxy groups -OCH3 is 1. The van der Waals surface area contributed by atoms with E-state index in [4.69, 9.17) is 0 Å². The number of nitrogens with zero attached hydrogens (tertiary/aromatic N) is 2. The number of anilines is 2. The highest BCUT2D eigenvalue weighted by molar-refractivity contribution is 5.70. The van der Waals surface area contributed by atoms with Gasteiger partial charge in [0.15, 0.2) is 0 Å². The summed E-state index contributed by atoms with van der Waals surface area (Å²) in [6, 6.07) is 2.90. The summed E-state index contributed by atoms with van der Waals surface area (Å²) in [5.41, 5.74) is -0.133. The lowest BCUT2D eigenvalue weighted by molar-refractivity contribution is -0.384. The molecule has 0 unspecified atom stereocenters. The molecule has 0 fully saturated rings. The molecule has 0 radical (unpaired) electrons. The molecule has 104 valence electrons. The van der Waals surface area contributed by atoms with Crippen LogP contribution in [0.3, 0.4) is 0 Å². The molecule has 8 nitrogen and oxygen atoms in total. The maximum absolute atomic E-state index is 11.0. The van der Waals surface area contributed by atoms with Crippen LogP contribution in [-0.4, -0.2) is 36.1 Å². The van der Waals surface area contributed by atoms with Gasteiger partial charge < -0.3 is 15.4 Å². The van der Waals surface area contributed by atoms with Crippen molar-refractivity contribution in [1.29, 1.82) is 0 Å². The molecule has 0 amide bonds. The standard InChI is InChI=1S/C11H16N4O4/c1-3-12-9-5-4-8(15(17)18)11(14-9)13-7-6-10(16)19-2/h4-5H,3,6-7H2,1-2H3,(H2,12,13,14). The highest BCUT2D eigenvalue weighted by Crippen LogP contribution is 2.23. The van der Waals surface area contributed by atoms with Crippen molar-refractivity contribution in [3.63, 3.8) is 0 Å². The summed E-state index contributed by atoms with van der Waals surface area (Å²) in [6.45, 7) is 2.77. The van der Waals surface area contributed by atoms with Crippen molar-refractivity contribution >= 4 is 23.3 Å². The first kappa shape index (κ1) is 14.7. The Labute approximate surface area is 110 Å². The fourth-order valence-corrected chi connectivity index (χ4v) is 1.39. The third-order valence-corrected chi connectivity index (χ3v) is 2.28. The number of hydrogen-bond acceptors (Lipinski definition) is 7. The number of aromatic nitrogens is 1. The van der Waals surface area contributed by atoms with Gasteiger partial charge in [0.05, 0.1) is 18.5 Å².